The normalized spacial score (nSPS) is 28.1. The van der Waals surface area contributed by atoms with Gasteiger partial charge in [0.05, 0.1) is 30.7 Å². The van der Waals surface area contributed by atoms with Crippen molar-refractivity contribution in [2.45, 2.75) is 6.10 Å². The van der Waals surface area contributed by atoms with E-state index in [4.69, 9.17) is 32.7 Å². The summed E-state index contributed by atoms with van der Waals surface area (Å²) in [5.74, 6) is -2.09. The molecule has 1 fully saturated rings. The van der Waals surface area contributed by atoms with Crippen molar-refractivity contribution in [1.82, 2.24) is 14.9 Å². The van der Waals surface area contributed by atoms with Crippen molar-refractivity contribution >= 4 is 28.6 Å². The molecule has 1 unspecified atom stereocenters. The van der Waals surface area contributed by atoms with E-state index in [1.165, 1.54) is 32.4 Å². The predicted molar refractivity (Wildman–Crippen MR) is 122 cm³/mol. The van der Waals surface area contributed by atoms with Crippen LogP contribution in [0.5, 0.6) is 23.0 Å². The number of hydrogen-bond donors (Lipinski definition) is 1. The second-order valence-electron chi connectivity index (χ2n) is 6.89. The molecule has 0 radical (unpaired) electrons. The van der Waals surface area contributed by atoms with Crippen molar-refractivity contribution in [2.75, 3.05) is 57.4 Å². The molecule has 0 saturated carbocycles. The van der Waals surface area contributed by atoms with Crippen LogP contribution in [-0.2, 0) is 4.79 Å². The number of rotatable bonds is 5. The molecule has 2 aromatic carbocycles. The minimum Gasteiger partial charge on any atom is -0.493 e. The number of carbonyl (C=O) groups excluding carboxylic acids is 1. The number of carbonyl (C=O) groups is 1. The smallest absolute Gasteiger partial charge is 0.267 e. The van der Waals surface area contributed by atoms with E-state index < -0.39 is 56.4 Å². The van der Waals surface area contributed by atoms with Crippen LogP contribution in [0.2, 0.25) is 2.82 Å². The number of nitrogens with two attached hydrogens (primary N) is 1. The highest BCUT2D eigenvalue weighted by Crippen LogP contribution is 2.34. The number of piperazine rings is 1. The van der Waals surface area contributed by atoms with Gasteiger partial charge in [0, 0.05) is 37.4 Å². The lowest BCUT2D eigenvalue weighted by Crippen LogP contribution is -2.54. The van der Waals surface area contributed by atoms with Gasteiger partial charge in [-0.15, -0.1) is 0 Å². The van der Waals surface area contributed by atoms with Gasteiger partial charge in [-0.1, -0.05) is 12.1 Å². The fourth-order valence-electron chi connectivity index (χ4n) is 3.28. The molecule has 5 rings (SSSR count). The lowest BCUT2D eigenvalue weighted by molar-refractivity contribution is -0.141. The van der Waals surface area contributed by atoms with Gasteiger partial charge in [0.25, 0.3) is 5.91 Å². The Labute approximate surface area is 205 Å². The lowest BCUT2D eigenvalue weighted by Gasteiger charge is -2.37. The Balaban J connectivity index is 1.65. The summed E-state index contributed by atoms with van der Waals surface area (Å²) in [6.07, 6.45) is -1.63. The van der Waals surface area contributed by atoms with Crippen LogP contribution in [0.3, 0.4) is 0 Å². The zero-order valence-electron chi connectivity index (χ0n) is 27.5. The van der Waals surface area contributed by atoms with Gasteiger partial charge in [0.1, 0.15) is 12.4 Å². The Morgan fingerprint density at radius 3 is 2.58 bits per heavy atom. The molecule has 2 aliphatic heterocycles. The van der Waals surface area contributed by atoms with Crippen LogP contribution in [0.4, 0.5) is 11.8 Å². The molecule has 33 heavy (non-hydrogen) atoms. The maximum absolute atomic E-state index is 13.6. The average Bonchev–Trinajstić information content (AvgIpc) is 2.94. The minimum atomic E-state index is -3.57. The van der Waals surface area contributed by atoms with E-state index in [2.05, 4.69) is 9.97 Å². The highest BCUT2D eigenvalue weighted by molar-refractivity contribution is 5.91. The van der Waals surface area contributed by atoms with E-state index in [9.17, 15) is 4.79 Å². The quantitative estimate of drug-likeness (QED) is 0.607. The average molecular weight is 462 g/mol. The first-order valence-corrected chi connectivity index (χ1v) is 9.75. The number of anilines is 2. The predicted octanol–water partition coefficient (Wildman–Crippen LogP) is 1.72. The summed E-state index contributed by atoms with van der Waals surface area (Å²) in [6, 6.07) is 8.89. The Morgan fingerprint density at radius 1 is 1.12 bits per heavy atom. The Morgan fingerprint density at radius 2 is 1.85 bits per heavy atom. The van der Waals surface area contributed by atoms with Gasteiger partial charge < -0.3 is 34.5 Å². The fourth-order valence-corrected chi connectivity index (χ4v) is 3.28. The number of methoxy groups -OCH3 is 2. The maximum atomic E-state index is 13.6. The summed E-state index contributed by atoms with van der Waals surface area (Å²) in [5, 5.41) is 0.0436. The molecule has 2 aliphatic rings. The molecule has 1 atom stereocenters. The third kappa shape index (κ3) is 3.88. The van der Waals surface area contributed by atoms with Gasteiger partial charge in [-0.05, 0) is 18.2 Å². The second kappa shape index (κ2) is 8.53. The fraction of sp³-hybridized carbons (Fsp3) is 0.348. The van der Waals surface area contributed by atoms with Gasteiger partial charge in [-0.3, -0.25) is 4.79 Å². The lowest BCUT2D eigenvalue weighted by atomic mass is 10.2. The molecule has 10 heteroatoms. The molecule has 1 amide bonds. The van der Waals surface area contributed by atoms with Gasteiger partial charge >= 0.3 is 0 Å². The molecular weight excluding hydrogens is 426 g/mol. The summed E-state index contributed by atoms with van der Waals surface area (Å²) in [4.78, 5) is 21.6. The molecule has 172 valence electrons. The first-order chi connectivity index (χ1) is 20.0. The van der Waals surface area contributed by atoms with E-state index in [1.807, 2.05) is 0 Å². The molecule has 3 aromatic rings. The van der Waals surface area contributed by atoms with Crippen LogP contribution >= 0.6 is 0 Å². The number of benzene rings is 2. The third-order valence-electron chi connectivity index (χ3n) is 4.92. The van der Waals surface area contributed by atoms with E-state index in [1.54, 1.807) is 18.2 Å². The number of ether oxygens (including phenoxy) is 4. The number of hydrogen-bond acceptors (Lipinski definition) is 9. The molecule has 2 N–H and O–H groups in total. The van der Waals surface area contributed by atoms with Crippen LogP contribution in [0, 0.1) is 0 Å². The summed E-state index contributed by atoms with van der Waals surface area (Å²) in [5.41, 5.74) is -0.0360. The van der Waals surface area contributed by atoms with Crippen molar-refractivity contribution in [2.24, 2.45) is 0 Å². The first-order valence-electron chi connectivity index (χ1n) is 14.6. The molecule has 0 aliphatic carbocycles. The third-order valence-corrected chi connectivity index (χ3v) is 4.92. The number of para-hydroxylation sites is 2. The largest absolute Gasteiger partial charge is 0.493 e. The van der Waals surface area contributed by atoms with Crippen molar-refractivity contribution in [3.8, 4) is 23.0 Å². The van der Waals surface area contributed by atoms with Crippen LogP contribution in [-0.4, -0.2) is 73.7 Å². The number of fused-ring (bicyclic) bond motifs is 2. The molecule has 1 aromatic heterocycles. The molecule has 3 heterocycles. The summed E-state index contributed by atoms with van der Waals surface area (Å²) < 4.78 is 107. The topological polar surface area (TPSA) is 112 Å². The molecule has 1 saturated heterocycles. The van der Waals surface area contributed by atoms with Crippen molar-refractivity contribution in [3.63, 3.8) is 0 Å². The van der Waals surface area contributed by atoms with Crippen molar-refractivity contribution in [3.05, 3.63) is 36.4 Å². The van der Waals surface area contributed by atoms with E-state index in [-0.39, 0.29) is 49.4 Å². The summed E-state index contributed by atoms with van der Waals surface area (Å²) in [6.45, 7) is -14.7. The number of nitrogen functional groups attached to an aromatic ring is 1. The highest BCUT2D eigenvalue weighted by atomic mass is 16.6. The van der Waals surface area contributed by atoms with Crippen molar-refractivity contribution in [1.29, 1.82) is 0 Å². The molecule has 10 nitrogen and oxygen atoms in total. The summed E-state index contributed by atoms with van der Waals surface area (Å²) >= 11 is 0. The van der Waals surface area contributed by atoms with Crippen LogP contribution in [0.15, 0.2) is 36.4 Å². The minimum absolute atomic E-state index is 0.0282. The number of aromatic nitrogens is 2. The Kier molecular flexibility index (Phi) is 3.19. The van der Waals surface area contributed by atoms with E-state index in [0.717, 1.165) is 0 Å². The van der Waals surface area contributed by atoms with E-state index >= 15 is 0 Å². The number of amides is 1. The highest BCUT2D eigenvalue weighted by Gasteiger charge is 2.33. The molecule has 0 bridgehead atoms. The maximum Gasteiger partial charge on any atom is 0.267 e. The standard InChI is InChI=1S/C23H25N5O5/c1-30-18-11-14-15(12-19(18)31-2)25-23(26-21(14)24)28-9-7-27(8-10-28)22(29)20-13-32-16-5-3-4-6-17(16)33-20/h3-6,11-12,20H,7-10,13H2,1-2H3,(H2,24,25,26)/i7D2,8D2,9D2,10D2/hD2. The van der Waals surface area contributed by atoms with Gasteiger partial charge in [-0.2, -0.15) is 4.98 Å². The summed E-state index contributed by atoms with van der Waals surface area (Å²) in [7, 11) is 2.67. The van der Waals surface area contributed by atoms with Crippen LogP contribution in [0.1, 0.15) is 11.0 Å². The zero-order chi connectivity index (χ0) is 31.7. The van der Waals surface area contributed by atoms with Crippen molar-refractivity contribution < 1.29 is 37.5 Å². The van der Waals surface area contributed by atoms with Gasteiger partial charge in [-0.25, -0.2) is 4.98 Å². The van der Waals surface area contributed by atoms with Crippen LogP contribution in [0.25, 0.3) is 10.9 Å². The SMILES string of the molecule is [2H]N([2H])c1nc(N2C([2H])([2H])C([2H])([2H])N(C(=O)C3COc4ccccc4O3)C([2H])([2H])C2([2H])[2H])nc2cc(OC)c(OC)cc12. The molecule has 0 spiro atoms. The van der Waals surface area contributed by atoms with Gasteiger partial charge in [0.2, 0.25) is 12.1 Å². The zero-order valence-corrected chi connectivity index (χ0v) is 17.5. The van der Waals surface area contributed by atoms with Gasteiger partial charge in [0.15, 0.2) is 25.8 Å². The first kappa shape index (κ1) is 12.3. The Bertz CT molecular complexity index is 1570. The number of nitrogens with zero attached hydrogens (tertiary/aromatic N) is 4. The second-order valence-corrected chi connectivity index (χ2v) is 6.89. The monoisotopic (exact) mass is 461 g/mol. The van der Waals surface area contributed by atoms with Crippen LogP contribution < -0.4 is 29.6 Å². The molecular formula is C23H25N5O5. The van der Waals surface area contributed by atoms with E-state index in [0.29, 0.717) is 0 Å². The Hall–Kier alpha value is -3.95.